The molecule has 0 saturated carbocycles. The number of carbonyl (C=O) groups is 2. The quantitative estimate of drug-likeness (QED) is 0.149. The molecule has 0 aliphatic carbocycles. The van der Waals surface area contributed by atoms with Crippen molar-refractivity contribution in [3.63, 3.8) is 0 Å². The van der Waals surface area contributed by atoms with Crippen molar-refractivity contribution in [1.82, 2.24) is 15.1 Å². The molecule has 0 bridgehead atoms. The van der Waals surface area contributed by atoms with Gasteiger partial charge in [0, 0.05) is 51.7 Å². The molecule has 3 rings (SSSR count). The molecule has 0 spiro atoms. The third-order valence-corrected chi connectivity index (χ3v) is 13.0. The predicted molar refractivity (Wildman–Crippen MR) is 218 cm³/mol. The van der Waals surface area contributed by atoms with Crippen molar-refractivity contribution >= 4 is 12.1 Å². The molecule has 3 saturated heterocycles. The van der Waals surface area contributed by atoms with E-state index >= 15 is 0 Å². The van der Waals surface area contributed by atoms with Gasteiger partial charge in [-0.25, -0.2) is 4.79 Å². The molecule has 5 N–H and O–H groups in total. The lowest BCUT2D eigenvalue weighted by atomic mass is 9.77. The predicted octanol–water partition coefficient (Wildman–Crippen LogP) is 2.28. The molecule has 1 amide bonds. The number of nitrogens with zero attached hydrogens (tertiary/aromatic N) is 2. The van der Waals surface area contributed by atoms with Gasteiger partial charge in [0.15, 0.2) is 18.7 Å². The van der Waals surface area contributed by atoms with Crippen LogP contribution in [0.1, 0.15) is 94.9 Å². The Morgan fingerprint density at radius 3 is 2.20 bits per heavy atom. The highest BCUT2D eigenvalue weighted by Gasteiger charge is 2.53. The summed E-state index contributed by atoms with van der Waals surface area (Å²) in [5.74, 6) is -2.80. The van der Waals surface area contributed by atoms with E-state index in [4.69, 9.17) is 37.9 Å². The van der Waals surface area contributed by atoms with E-state index in [0.717, 1.165) is 0 Å². The Labute approximate surface area is 352 Å². The Morgan fingerprint density at radius 1 is 0.983 bits per heavy atom. The van der Waals surface area contributed by atoms with Gasteiger partial charge in [0.25, 0.3) is 0 Å². The number of ether oxygens (including phenoxy) is 8. The summed E-state index contributed by atoms with van der Waals surface area (Å²) in [6.45, 7) is 18.4. The first-order valence-corrected chi connectivity index (χ1v) is 21.3. The first-order chi connectivity index (χ1) is 27.3. The Kier molecular flexibility index (Phi) is 18.9. The number of hydrogen-bond acceptors (Lipinski definition) is 16. The minimum atomic E-state index is -1.88. The van der Waals surface area contributed by atoms with Crippen molar-refractivity contribution in [2.45, 2.75) is 185 Å². The second-order valence-electron chi connectivity index (χ2n) is 18.5. The first kappa shape index (κ1) is 51.6. The molecule has 0 aromatic heterocycles. The van der Waals surface area contributed by atoms with Crippen molar-refractivity contribution in [2.24, 2.45) is 17.8 Å². The number of amides is 1. The fourth-order valence-electron chi connectivity index (χ4n) is 9.35. The van der Waals surface area contributed by atoms with Gasteiger partial charge in [0.1, 0.15) is 23.9 Å². The minimum Gasteiger partial charge on any atom is -0.459 e. The number of alkyl carbamates (subject to hydrolysis) is 1. The Bertz CT molecular complexity index is 1320. The van der Waals surface area contributed by atoms with E-state index < -0.39 is 102 Å². The van der Waals surface area contributed by atoms with Gasteiger partial charge in [-0.3, -0.25) is 9.69 Å². The summed E-state index contributed by atoms with van der Waals surface area (Å²) in [6.07, 6.45) is -9.40. The molecule has 0 unspecified atom stereocenters. The van der Waals surface area contributed by atoms with Crippen LogP contribution >= 0.6 is 0 Å². The van der Waals surface area contributed by atoms with Gasteiger partial charge in [-0.15, -0.1) is 0 Å². The highest BCUT2D eigenvalue weighted by Crippen LogP contribution is 2.40. The maximum atomic E-state index is 14.5. The van der Waals surface area contributed by atoms with Crippen LogP contribution in [0.5, 0.6) is 0 Å². The van der Waals surface area contributed by atoms with Crippen LogP contribution in [-0.2, 0) is 42.7 Å². The van der Waals surface area contributed by atoms with Crippen LogP contribution in [0.4, 0.5) is 4.79 Å². The van der Waals surface area contributed by atoms with Crippen LogP contribution in [0.15, 0.2) is 0 Å². The van der Waals surface area contributed by atoms with E-state index in [0.29, 0.717) is 13.0 Å². The van der Waals surface area contributed by atoms with Crippen LogP contribution in [0.2, 0.25) is 0 Å². The van der Waals surface area contributed by atoms with Crippen molar-refractivity contribution in [1.29, 1.82) is 0 Å². The molecule has 0 aromatic rings. The molecular weight excluding hydrogens is 770 g/mol. The average molecular weight is 850 g/mol. The Hall–Kier alpha value is -1.74. The van der Waals surface area contributed by atoms with Gasteiger partial charge < -0.3 is 68.5 Å². The fraction of sp³-hybridized carbons (Fsp3) is 0.952. The van der Waals surface area contributed by atoms with E-state index in [-0.39, 0.29) is 50.5 Å². The van der Waals surface area contributed by atoms with E-state index in [1.165, 1.54) is 21.1 Å². The molecule has 3 heterocycles. The van der Waals surface area contributed by atoms with Crippen molar-refractivity contribution in [3.05, 3.63) is 0 Å². The molecule has 0 aromatic carbocycles. The monoisotopic (exact) mass is 850 g/mol. The van der Waals surface area contributed by atoms with Crippen LogP contribution in [0.3, 0.4) is 0 Å². The molecule has 346 valence electrons. The lowest BCUT2D eigenvalue weighted by Crippen LogP contribution is -2.61. The second kappa shape index (κ2) is 21.6. The molecular formula is C42H79N3O14. The molecule has 59 heavy (non-hydrogen) atoms. The number of nitrogens with one attached hydrogen (secondary N) is 1. The summed E-state index contributed by atoms with van der Waals surface area (Å²) in [5, 5.41) is 50.3. The second-order valence-corrected chi connectivity index (χ2v) is 18.5. The largest absolute Gasteiger partial charge is 0.459 e. The third-order valence-electron chi connectivity index (χ3n) is 13.0. The molecule has 0 radical (unpaired) electrons. The molecule has 3 fully saturated rings. The third kappa shape index (κ3) is 12.7. The van der Waals surface area contributed by atoms with Gasteiger partial charge in [-0.05, 0) is 94.8 Å². The van der Waals surface area contributed by atoms with Gasteiger partial charge in [-0.2, -0.15) is 0 Å². The summed E-state index contributed by atoms with van der Waals surface area (Å²) < 4.78 is 48.9. The summed E-state index contributed by atoms with van der Waals surface area (Å²) in [7, 11) is 8.60. The maximum Gasteiger partial charge on any atom is 0.407 e. The average Bonchev–Trinajstić information content (AvgIpc) is 3.15. The van der Waals surface area contributed by atoms with E-state index in [9.17, 15) is 30.0 Å². The smallest absolute Gasteiger partial charge is 0.407 e. The standard InChI is InChI=1S/C42H79N3O14/c1-16-30-42(10,51)36(59-39(49)43-17-18-52-14)27(6)45(13)22-23(2)20-40(8,50)35(58-38-32(46)29(44(11)12)19-24(3)54-38)25(4)33(26(5)37(48)56-30)57-31-21-41(9,53-15)34(47)28(7)55-31/h23-36,38,46-47,50-51H,16-22H2,1-15H3,(H,43,49)/t23-,24-,25+,26-,27-,28+,29+,30-,31+,32-,33+,34+,35-,36-,38+,40-,41-,42-/m1/s1. The normalized spacial score (nSPS) is 44.9. The Balaban J connectivity index is 2.20. The summed E-state index contributed by atoms with van der Waals surface area (Å²) in [4.78, 5) is 31.5. The van der Waals surface area contributed by atoms with E-state index in [2.05, 4.69) is 5.32 Å². The maximum absolute atomic E-state index is 14.5. The number of likely N-dealkylation sites (N-methyl/N-ethyl adjacent to an activating group) is 2. The number of aliphatic hydroxyl groups excluding tert-OH is 2. The van der Waals surface area contributed by atoms with Crippen molar-refractivity contribution < 1.29 is 67.9 Å². The number of esters is 1. The van der Waals surface area contributed by atoms with E-state index in [1.54, 1.807) is 34.6 Å². The summed E-state index contributed by atoms with van der Waals surface area (Å²) in [5.41, 5.74) is -4.55. The highest BCUT2D eigenvalue weighted by atomic mass is 16.7. The van der Waals surface area contributed by atoms with Crippen molar-refractivity contribution in [3.8, 4) is 0 Å². The van der Waals surface area contributed by atoms with Gasteiger partial charge in [0.2, 0.25) is 0 Å². The topological polar surface area (TPSA) is 207 Å². The van der Waals surface area contributed by atoms with E-state index in [1.807, 2.05) is 58.6 Å². The number of hydrogen-bond donors (Lipinski definition) is 5. The Morgan fingerprint density at radius 2 is 1.63 bits per heavy atom. The van der Waals surface area contributed by atoms with Crippen LogP contribution in [-0.4, -0.2) is 188 Å². The molecule has 18 atom stereocenters. The summed E-state index contributed by atoms with van der Waals surface area (Å²) in [6, 6.07) is -0.901. The molecule has 17 heteroatoms. The van der Waals surface area contributed by atoms with Crippen molar-refractivity contribution in [2.75, 3.05) is 55.1 Å². The lowest BCUT2D eigenvalue weighted by molar-refractivity contribution is -0.318. The highest BCUT2D eigenvalue weighted by molar-refractivity contribution is 5.73. The number of rotatable bonds is 11. The summed E-state index contributed by atoms with van der Waals surface area (Å²) >= 11 is 0. The zero-order valence-electron chi connectivity index (χ0n) is 38.4. The van der Waals surface area contributed by atoms with Gasteiger partial charge >= 0.3 is 12.1 Å². The zero-order chi connectivity index (χ0) is 44.8. The number of carbonyl (C=O) groups excluding carboxylic acids is 2. The van der Waals surface area contributed by atoms with Gasteiger partial charge in [0.05, 0.1) is 48.1 Å². The first-order valence-electron chi connectivity index (χ1n) is 21.3. The van der Waals surface area contributed by atoms with Gasteiger partial charge in [-0.1, -0.05) is 20.8 Å². The number of methoxy groups -OCH3 is 2. The zero-order valence-corrected chi connectivity index (χ0v) is 38.4. The number of aliphatic hydroxyl groups is 4. The molecule has 17 nitrogen and oxygen atoms in total. The molecule has 3 aliphatic heterocycles. The number of cyclic esters (lactones) is 1. The van der Waals surface area contributed by atoms with Crippen LogP contribution in [0.25, 0.3) is 0 Å². The van der Waals surface area contributed by atoms with Crippen LogP contribution in [0, 0.1) is 17.8 Å². The molecule has 3 aliphatic rings. The fourth-order valence-corrected chi connectivity index (χ4v) is 9.35. The minimum absolute atomic E-state index is 0.105. The lowest BCUT2D eigenvalue weighted by Gasteiger charge is -2.48. The van der Waals surface area contributed by atoms with Crippen LogP contribution < -0.4 is 5.32 Å². The SMILES string of the molecule is CC[C@H]1OC(=O)[C@H](C)[C@@H](O[C@H]2C[C@@](C)(OC)[C@@H](O)[C@H](C)O2)[C@H](C)[C@@H](O[C@@H]2O[C@H](C)C[C@H](N(C)C)[C@H]2O)[C@](C)(O)C[C@@H](C)CN(C)[C@H](C)[C@@H](OC(=O)NCCOC)[C@]1(C)O.